The van der Waals surface area contributed by atoms with Crippen LogP contribution in [0.15, 0.2) is 29.3 Å². The second-order valence-electron chi connectivity index (χ2n) is 6.26. The predicted octanol–water partition coefficient (Wildman–Crippen LogP) is 2.80. The third-order valence-electron chi connectivity index (χ3n) is 4.24. The maximum absolute atomic E-state index is 5.69. The van der Waals surface area contributed by atoms with Crippen LogP contribution in [0.1, 0.15) is 37.5 Å². The summed E-state index contributed by atoms with van der Waals surface area (Å²) in [6.07, 6.45) is 0.910. The van der Waals surface area contributed by atoms with Gasteiger partial charge in [0.25, 0.3) is 0 Å². The van der Waals surface area contributed by atoms with Gasteiger partial charge >= 0.3 is 0 Å². The molecule has 0 fully saturated rings. The van der Waals surface area contributed by atoms with Gasteiger partial charge in [-0.2, -0.15) is 0 Å². The van der Waals surface area contributed by atoms with Crippen LogP contribution in [-0.2, 0) is 24.9 Å². The minimum atomic E-state index is 0. The summed E-state index contributed by atoms with van der Waals surface area (Å²) in [5.74, 6) is 3.33. The Kier molecular flexibility index (Phi) is 12.3. The highest BCUT2D eigenvalue weighted by molar-refractivity contribution is 14.0. The standard InChI is InChI=1S/C20H32N6O2.HI/c1-5-27-13-9-12-21-20(23-15-19-25-24-16(3)26(19)4)22-14-17-10-7-8-11-18(17)28-6-2;/h7-8,10-11H,5-6,9,12-15H2,1-4H3,(H2,21,22,23);1H. The van der Waals surface area contributed by atoms with Gasteiger partial charge in [-0.05, 0) is 33.3 Å². The molecule has 0 aliphatic heterocycles. The summed E-state index contributed by atoms with van der Waals surface area (Å²) in [4.78, 5) is 4.72. The number of benzene rings is 1. The average Bonchev–Trinajstić information content (AvgIpc) is 3.02. The first-order valence-electron chi connectivity index (χ1n) is 9.81. The van der Waals surface area contributed by atoms with E-state index in [0.29, 0.717) is 19.7 Å². The molecular weight excluding hydrogens is 483 g/mol. The quantitative estimate of drug-likeness (QED) is 0.207. The minimum absolute atomic E-state index is 0. The molecule has 9 heteroatoms. The second kappa shape index (κ2) is 14.2. The molecule has 1 heterocycles. The first-order chi connectivity index (χ1) is 13.7. The summed E-state index contributed by atoms with van der Waals surface area (Å²) in [5.41, 5.74) is 1.05. The first-order valence-corrected chi connectivity index (χ1v) is 9.81. The van der Waals surface area contributed by atoms with Crippen molar-refractivity contribution in [3.63, 3.8) is 0 Å². The molecule has 0 bridgehead atoms. The molecule has 0 unspecified atom stereocenters. The molecule has 2 rings (SSSR count). The van der Waals surface area contributed by atoms with Gasteiger partial charge in [-0.1, -0.05) is 18.2 Å². The fourth-order valence-corrected chi connectivity index (χ4v) is 2.56. The van der Waals surface area contributed by atoms with Crippen molar-refractivity contribution in [2.24, 2.45) is 12.0 Å². The van der Waals surface area contributed by atoms with Gasteiger partial charge in [0.15, 0.2) is 11.8 Å². The van der Waals surface area contributed by atoms with Gasteiger partial charge in [-0.15, -0.1) is 34.2 Å². The van der Waals surface area contributed by atoms with Crippen LogP contribution in [0.25, 0.3) is 0 Å². The number of halogens is 1. The van der Waals surface area contributed by atoms with E-state index < -0.39 is 0 Å². The molecule has 162 valence electrons. The fourth-order valence-electron chi connectivity index (χ4n) is 2.56. The molecule has 0 aliphatic rings. The smallest absolute Gasteiger partial charge is 0.191 e. The van der Waals surface area contributed by atoms with Crippen molar-refractivity contribution >= 4 is 29.9 Å². The summed E-state index contributed by atoms with van der Waals surface area (Å²) in [6.45, 7) is 9.85. The van der Waals surface area contributed by atoms with Crippen molar-refractivity contribution in [3.05, 3.63) is 41.5 Å². The van der Waals surface area contributed by atoms with Crippen LogP contribution in [0, 0.1) is 6.92 Å². The van der Waals surface area contributed by atoms with Crippen molar-refractivity contribution in [1.29, 1.82) is 0 Å². The Bertz CT molecular complexity index is 750. The molecule has 0 spiro atoms. The fraction of sp³-hybridized carbons (Fsp3) is 0.550. The lowest BCUT2D eigenvalue weighted by atomic mass is 10.2. The number of nitrogens with zero attached hydrogens (tertiary/aromatic N) is 4. The Balaban J connectivity index is 0.00000420. The Morgan fingerprint density at radius 2 is 1.93 bits per heavy atom. The van der Waals surface area contributed by atoms with Gasteiger partial charge in [0.1, 0.15) is 11.6 Å². The Morgan fingerprint density at radius 3 is 2.62 bits per heavy atom. The molecule has 0 saturated carbocycles. The number of ether oxygens (including phenoxy) is 2. The van der Waals surface area contributed by atoms with Crippen LogP contribution in [0.2, 0.25) is 0 Å². The van der Waals surface area contributed by atoms with Gasteiger partial charge in [-0.3, -0.25) is 0 Å². The average molecular weight is 516 g/mol. The zero-order valence-electron chi connectivity index (χ0n) is 17.8. The Labute approximate surface area is 190 Å². The van der Waals surface area contributed by atoms with E-state index in [4.69, 9.17) is 14.5 Å². The molecule has 0 aliphatic carbocycles. The van der Waals surface area contributed by atoms with Crippen LogP contribution in [0.3, 0.4) is 0 Å². The second-order valence-corrected chi connectivity index (χ2v) is 6.26. The van der Waals surface area contributed by atoms with Crippen LogP contribution in [0.5, 0.6) is 5.75 Å². The van der Waals surface area contributed by atoms with Crippen molar-refractivity contribution in [2.75, 3.05) is 26.4 Å². The molecular formula is C20H33IN6O2. The van der Waals surface area contributed by atoms with Gasteiger partial charge in [0.05, 0.1) is 19.7 Å². The lowest BCUT2D eigenvalue weighted by Gasteiger charge is -2.13. The summed E-state index contributed by atoms with van der Waals surface area (Å²) < 4.78 is 13.1. The topological polar surface area (TPSA) is 85.6 Å². The Morgan fingerprint density at radius 1 is 1.14 bits per heavy atom. The zero-order chi connectivity index (χ0) is 20.2. The molecule has 1 aromatic carbocycles. The van der Waals surface area contributed by atoms with Crippen molar-refractivity contribution < 1.29 is 9.47 Å². The highest BCUT2D eigenvalue weighted by atomic mass is 127. The summed E-state index contributed by atoms with van der Waals surface area (Å²) in [5, 5.41) is 15.0. The number of hydrogen-bond acceptors (Lipinski definition) is 5. The number of nitrogens with one attached hydrogen (secondary N) is 2. The molecule has 1 aromatic heterocycles. The van der Waals surface area contributed by atoms with Crippen LogP contribution < -0.4 is 15.4 Å². The monoisotopic (exact) mass is 516 g/mol. The van der Waals surface area contributed by atoms with Gasteiger partial charge in [0.2, 0.25) is 0 Å². The van der Waals surface area contributed by atoms with Crippen LogP contribution in [0.4, 0.5) is 0 Å². The van der Waals surface area contributed by atoms with E-state index in [1.54, 1.807) is 0 Å². The number of aromatic nitrogens is 3. The normalized spacial score (nSPS) is 11.1. The number of para-hydroxylation sites is 1. The molecule has 0 saturated heterocycles. The molecule has 0 atom stereocenters. The zero-order valence-corrected chi connectivity index (χ0v) is 20.1. The van der Waals surface area contributed by atoms with E-state index in [-0.39, 0.29) is 24.0 Å². The lowest BCUT2D eigenvalue weighted by molar-refractivity contribution is 0.145. The lowest BCUT2D eigenvalue weighted by Crippen LogP contribution is -2.38. The van der Waals surface area contributed by atoms with E-state index in [1.165, 1.54) is 0 Å². The van der Waals surface area contributed by atoms with E-state index in [1.807, 2.05) is 56.7 Å². The largest absolute Gasteiger partial charge is 0.494 e. The number of hydrogen-bond donors (Lipinski definition) is 2. The van der Waals surface area contributed by atoms with Gasteiger partial charge in [0, 0.05) is 32.4 Å². The van der Waals surface area contributed by atoms with Gasteiger partial charge in [-0.25, -0.2) is 4.99 Å². The van der Waals surface area contributed by atoms with E-state index in [2.05, 4.69) is 20.8 Å². The predicted molar refractivity (Wildman–Crippen MR) is 126 cm³/mol. The summed E-state index contributed by atoms with van der Waals surface area (Å²) in [6, 6.07) is 7.98. The maximum atomic E-state index is 5.69. The van der Waals surface area contributed by atoms with E-state index in [9.17, 15) is 0 Å². The minimum Gasteiger partial charge on any atom is -0.494 e. The van der Waals surface area contributed by atoms with E-state index >= 15 is 0 Å². The summed E-state index contributed by atoms with van der Waals surface area (Å²) >= 11 is 0. The maximum Gasteiger partial charge on any atom is 0.191 e. The molecule has 29 heavy (non-hydrogen) atoms. The van der Waals surface area contributed by atoms with Crippen molar-refractivity contribution in [1.82, 2.24) is 25.4 Å². The number of rotatable bonds is 11. The van der Waals surface area contributed by atoms with Crippen molar-refractivity contribution in [2.45, 2.75) is 40.3 Å². The third kappa shape index (κ3) is 8.57. The molecule has 8 nitrogen and oxygen atoms in total. The van der Waals surface area contributed by atoms with E-state index in [0.717, 1.165) is 55.1 Å². The molecule has 0 radical (unpaired) electrons. The summed E-state index contributed by atoms with van der Waals surface area (Å²) in [7, 11) is 1.96. The van der Waals surface area contributed by atoms with Crippen molar-refractivity contribution in [3.8, 4) is 5.75 Å². The number of aryl methyl sites for hydroxylation is 1. The highest BCUT2D eigenvalue weighted by Gasteiger charge is 2.07. The third-order valence-corrected chi connectivity index (χ3v) is 4.24. The highest BCUT2D eigenvalue weighted by Crippen LogP contribution is 2.18. The van der Waals surface area contributed by atoms with Gasteiger partial charge < -0.3 is 24.7 Å². The van der Waals surface area contributed by atoms with Crippen LogP contribution >= 0.6 is 24.0 Å². The number of guanidine groups is 1. The van der Waals surface area contributed by atoms with Crippen LogP contribution in [-0.4, -0.2) is 47.1 Å². The SMILES string of the molecule is CCOCCCNC(=NCc1ccccc1OCC)NCc1nnc(C)n1C.I. The Hall–Kier alpha value is -1.88. The molecule has 2 aromatic rings. The molecule has 0 amide bonds. The first kappa shape index (κ1) is 25.2. The molecule has 2 N–H and O–H groups in total. The number of aliphatic imine (C=N–C) groups is 1.